The summed E-state index contributed by atoms with van der Waals surface area (Å²) >= 11 is 1.71. The second-order valence-corrected chi connectivity index (χ2v) is 12.5. The van der Waals surface area contributed by atoms with Crippen LogP contribution in [0.25, 0.3) is 10.4 Å². The van der Waals surface area contributed by atoms with E-state index in [9.17, 15) is 14.7 Å². The van der Waals surface area contributed by atoms with Crippen molar-refractivity contribution in [3.63, 3.8) is 0 Å². The van der Waals surface area contributed by atoms with Crippen molar-refractivity contribution < 1.29 is 19.4 Å². The van der Waals surface area contributed by atoms with E-state index in [1.54, 1.807) is 25.2 Å². The lowest BCUT2D eigenvalue weighted by molar-refractivity contribution is -0.141. The summed E-state index contributed by atoms with van der Waals surface area (Å²) in [6, 6.07) is 20.6. The van der Waals surface area contributed by atoms with Crippen LogP contribution in [0.15, 0.2) is 84.3 Å². The Hall–Kier alpha value is -3.30. The van der Waals surface area contributed by atoms with E-state index >= 15 is 0 Å². The molecule has 1 aliphatic heterocycles. The van der Waals surface area contributed by atoms with E-state index in [4.69, 9.17) is 10.5 Å². The molecule has 4 rings (SSSR count). The zero-order valence-electron chi connectivity index (χ0n) is 24.7. The Morgan fingerprint density at radius 3 is 2.60 bits per heavy atom. The molecular weight excluding hydrogens is 546 g/mol. The van der Waals surface area contributed by atoms with Gasteiger partial charge in [0, 0.05) is 16.8 Å². The molecule has 0 aliphatic carbocycles. The normalized spacial score (nSPS) is 18.9. The maximum Gasteiger partial charge on any atom is 0.248 e. The molecule has 0 unspecified atom stereocenters. The molecule has 224 valence electrons. The number of thiophene rings is 1. The van der Waals surface area contributed by atoms with Crippen LogP contribution < -0.4 is 11.1 Å². The predicted octanol–water partition coefficient (Wildman–Crippen LogP) is 4.94. The van der Waals surface area contributed by atoms with Gasteiger partial charge in [-0.25, -0.2) is 0 Å². The van der Waals surface area contributed by atoms with Gasteiger partial charge < -0.3 is 25.8 Å². The minimum Gasteiger partial charge on any atom is -0.395 e. The second-order valence-electron chi connectivity index (χ2n) is 11.5. The van der Waals surface area contributed by atoms with E-state index in [0.717, 1.165) is 24.0 Å². The number of carbonyl (C=O) groups excluding carboxylic acids is 2. The molecule has 2 aromatic carbocycles. The van der Waals surface area contributed by atoms with Gasteiger partial charge in [-0.1, -0.05) is 79.7 Å². The summed E-state index contributed by atoms with van der Waals surface area (Å²) in [4.78, 5) is 29.5. The van der Waals surface area contributed by atoms with Crippen LogP contribution in [0.3, 0.4) is 0 Å². The summed E-state index contributed by atoms with van der Waals surface area (Å²) in [5.74, 6) is -0.585. The smallest absolute Gasteiger partial charge is 0.248 e. The van der Waals surface area contributed by atoms with Gasteiger partial charge in [0.1, 0.15) is 6.04 Å². The van der Waals surface area contributed by atoms with Crippen molar-refractivity contribution in [1.82, 2.24) is 10.2 Å². The summed E-state index contributed by atoms with van der Waals surface area (Å²) in [6.07, 6.45) is 5.86. The highest BCUT2D eigenvalue weighted by Gasteiger charge is 2.37. The number of benzene rings is 2. The van der Waals surface area contributed by atoms with Gasteiger partial charge >= 0.3 is 0 Å². The fourth-order valence-electron chi connectivity index (χ4n) is 5.26. The number of aliphatic hydroxyl groups excluding tert-OH is 1. The SMILES string of the molecule is C[C@H](N)C(=O)N[C@H](C(=O)N1CCC[C@H]1/C=C/[C@](C)(CO)Cc1cccc(-c2cccs2)c1)[C@@H](C)OCc1ccccc1. The number of nitrogens with two attached hydrogens (primary N) is 1. The van der Waals surface area contributed by atoms with Crippen LogP contribution in [0.1, 0.15) is 44.7 Å². The number of carbonyl (C=O) groups is 2. The van der Waals surface area contributed by atoms with Gasteiger partial charge in [-0.2, -0.15) is 0 Å². The second kappa shape index (κ2) is 14.7. The summed E-state index contributed by atoms with van der Waals surface area (Å²) in [6.45, 7) is 6.33. The lowest BCUT2D eigenvalue weighted by Gasteiger charge is -2.32. The van der Waals surface area contributed by atoms with E-state index in [2.05, 4.69) is 41.0 Å². The third-order valence-corrected chi connectivity index (χ3v) is 8.73. The highest BCUT2D eigenvalue weighted by Crippen LogP contribution is 2.30. The van der Waals surface area contributed by atoms with Gasteiger partial charge in [-0.15, -0.1) is 11.3 Å². The topological polar surface area (TPSA) is 105 Å². The molecule has 2 heterocycles. The average Bonchev–Trinajstić information content (AvgIpc) is 3.71. The number of hydrogen-bond acceptors (Lipinski definition) is 6. The van der Waals surface area contributed by atoms with E-state index in [1.165, 1.54) is 10.4 Å². The monoisotopic (exact) mass is 589 g/mol. The molecule has 1 fully saturated rings. The molecule has 3 aromatic rings. The number of nitrogens with zero attached hydrogens (tertiary/aromatic N) is 1. The molecule has 0 saturated carbocycles. The Kier molecular flexibility index (Phi) is 11.1. The lowest BCUT2D eigenvalue weighted by Crippen LogP contribution is -2.57. The Labute approximate surface area is 253 Å². The van der Waals surface area contributed by atoms with Gasteiger partial charge in [-0.3, -0.25) is 9.59 Å². The first-order valence-electron chi connectivity index (χ1n) is 14.6. The highest BCUT2D eigenvalue weighted by molar-refractivity contribution is 7.13. The quantitative estimate of drug-likeness (QED) is 0.245. The minimum absolute atomic E-state index is 0.0230. The summed E-state index contributed by atoms with van der Waals surface area (Å²) < 4.78 is 6.07. The lowest BCUT2D eigenvalue weighted by atomic mass is 9.83. The first kappa shape index (κ1) is 31.6. The Balaban J connectivity index is 1.47. The minimum atomic E-state index is -0.870. The van der Waals surface area contributed by atoms with Crippen molar-refractivity contribution in [1.29, 1.82) is 0 Å². The third-order valence-electron chi connectivity index (χ3n) is 7.81. The van der Waals surface area contributed by atoms with Crippen LogP contribution in [-0.2, 0) is 27.4 Å². The Bertz CT molecular complexity index is 1330. The van der Waals surface area contributed by atoms with Gasteiger partial charge in [0.2, 0.25) is 11.8 Å². The number of amides is 2. The number of likely N-dealkylation sites (tertiary alicyclic amines) is 1. The Morgan fingerprint density at radius 2 is 1.90 bits per heavy atom. The molecule has 7 nitrogen and oxygen atoms in total. The number of rotatable bonds is 13. The van der Waals surface area contributed by atoms with Crippen LogP contribution in [0, 0.1) is 5.41 Å². The maximum atomic E-state index is 13.9. The van der Waals surface area contributed by atoms with Crippen LogP contribution in [0.4, 0.5) is 0 Å². The molecule has 1 saturated heterocycles. The molecule has 42 heavy (non-hydrogen) atoms. The van der Waals surface area contributed by atoms with E-state index < -0.39 is 29.5 Å². The first-order valence-corrected chi connectivity index (χ1v) is 15.5. The average molecular weight is 590 g/mol. The van der Waals surface area contributed by atoms with Gasteiger partial charge in [0.05, 0.1) is 31.4 Å². The van der Waals surface area contributed by atoms with Crippen molar-refractivity contribution in [3.8, 4) is 10.4 Å². The van der Waals surface area contributed by atoms with Gasteiger partial charge in [0.25, 0.3) is 0 Å². The standard InChI is InChI=1S/C34H43N3O4S/c1-24(35)32(39)36-31(25(2)41-22-26-10-5-4-6-11-26)33(40)37-18-8-14-29(37)16-17-34(3,23-38)21-27-12-7-13-28(20-27)30-15-9-19-42-30/h4-7,9-13,15-17,19-20,24-25,29,31,38H,8,14,18,21-23,35H2,1-3H3,(H,36,39)/b17-16+/t24-,25+,29-,31-,34-/m0/s1. The van der Waals surface area contributed by atoms with Crippen LogP contribution in [0.2, 0.25) is 0 Å². The van der Waals surface area contributed by atoms with Gasteiger partial charge in [0.15, 0.2) is 0 Å². The third kappa shape index (κ3) is 8.38. The van der Waals surface area contributed by atoms with E-state index in [1.807, 2.05) is 60.4 Å². The summed E-state index contributed by atoms with van der Waals surface area (Å²) in [7, 11) is 0. The van der Waals surface area contributed by atoms with Crippen LogP contribution >= 0.6 is 11.3 Å². The molecular formula is C34H43N3O4S. The molecule has 5 atom stereocenters. The predicted molar refractivity (Wildman–Crippen MR) is 169 cm³/mol. The number of hydrogen-bond donors (Lipinski definition) is 3. The molecule has 2 amide bonds. The largest absolute Gasteiger partial charge is 0.395 e. The molecule has 0 spiro atoms. The summed E-state index contributed by atoms with van der Waals surface area (Å²) in [5.41, 5.74) is 8.63. The van der Waals surface area contributed by atoms with Crippen molar-refractivity contribution in [2.24, 2.45) is 11.1 Å². The molecule has 1 aliphatic rings. The van der Waals surface area contributed by atoms with E-state index in [0.29, 0.717) is 19.6 Å². The van der Waals surface area contributed by atoms with Crippen molar-refractivity contribution >= 4 is 23.2 Å². The molecule has 0 bridgehead atoms. The molecule has 0 radical (unpaired) electrons. The van der Waals surface area contributed by atoms with Gasteiger partial charge in [-0.05, 0) is 61.2 Å². The Morgan fingerprint density at radius 1 is 1.14 bits per heavy atom. The highest BCUT2D eigenvalue weighted by atomic mass is 32.1. The zero-order chi connectivity index (χ0) is 30.1. The zero-order valence-corrected chi connectivity index (χ0v) is 25.6. The number of nitrogens with one attached hydrogen (secondary N) is 1. The molecule has 8 heteroatoms. The summed E-state index contributed by atoms with van der Waals surface area (Å²) in [5, 5.41) is 15.3. The number of aliphatic hydroxyl groups is 1. The van der Waals surface area contributed by atoms with E-state index in [-0.39, 0.29) is 18.6 Å². The molecule has 1 aromatic heterocycles. The molecule has 4 N–H and O–H groups in total. The van der Waals surface area contributed by atoms with Crippen LogP contribution in [-0.4, -0.2) is 59.2 Å². The van der Waals surface area contributed by atoms with Crippen molar-refractivity contribution in [3.05, 3.63) is 95.4 Å². The van der Waals surface area contributed by atoms with Crippen molar-refractivity contribution in [2.75, 3.05) is 13.2 Å². The van der Waals surface area contributed by atoms with Crippen LogP contribution in [0.5, 0.6) is 0 Å². The first-order chi connectivity index (χ1) is 20.2. The van der Waals surface area contributed by atoms with Crippen molar-refractivity contribution in [2.45, 2.75) is 70.9 Å². The fraction of sp³-hybridized carbons (Fsp3) is 0.412. The number of ether oxygens (including phenoxy) is 1. The maximum absolute atomic E-state index is 13.9. The fourth-order valence-corrected chi connectivity index (χ4v) is 5.99.